The third-order valence-corrected chi connectivity index (χ3v) is 4.07. The molecule has 2 N–H and O–H groups in total. The van der Waals surface area contributed by atoms with Gasteiger partial charge < -0.3 is 9.47 Å². The molecular weight excluding hydrogens is 368 g/mol. The Morgan fingerprint density at radius 2 is 1.41 bits per heavy atom. The van der Waals surface area contributed by atoms with Crippen molar-refractivity contribution in [3.05, 3.63) is 23.8 Å². The summed E-state index contributed by atoms with van der Waals surface area (Å²) in [6, 6.07) is 5.25. The molecule has 2 amide bonds. The summed E-state index contributed by atoms with van der Waals surface area (Å²) in [7, 11) is 0. The van der Waals surface area contributed by atoms with E-state index in [4.69, 9.17) is 9.47 Å². The summed E-state index contributed by atoms with van der Waals surface area (Å²) in [5, 5.41) is 5.38. The first-order valence-electron chi connectivity index (χ1n) is 10.1. The Morgan fingerprint density at radius 3 is 1.93 bits per heavy atom. The van der Waals surface area contributed by atoms with Gasteiger partial charge >= 0.3 is 12.2 Å². The van der Waals surface area contributed by atoms with Gasteiger partial charge in [-0.05, 0) is 72.6 Å². The highest BCUT2D eigenvalue weighted by molar-refractivity contribution is 5.95. The van der Waals surface area contributed by atoms with Crippen LogP contribution in [0.15, 0.2) is 18.2 Å². The van der Waals surface area contributed by atoms with E-state index in [9.17, 15) is 9.59 Å². The Kier molecular flexibility index (Phi) is 7.18. The Morgan fingerprint density at radius 1 is 0.897 bits per heavy atom. The maximum absolute atomic E-state index is 12.3. The first-order valence-corrected chi connectivity index (χ1v) is 10.1. The van der Waals surface area contributed by atoms with Crippen molar-refractivity contribution in [1.29, 1.82) is 0 Å². The second kappa shape index (κ2) is 9.21. The van der Waals surface area contributed by atoms with E-state index in [1.165, 1.54) is 12.8 Å². The maximum atomic E-state index is 12.3. The van der Waals surface area contributed by atoms with Crippen molar-refractivity contribution in [2.75, 3.05) is 10.6 Å². The van der Waals surface area contributed by atoms with Gasteiger partial charge in [0.1, 0.15) is 11.2 Å². The third kappa shape index (κ3) is 8.47. The van der Waals surface area contributed by atoms with Gasteiger partial charge in [0.25, 0.3) is 0 Å². The van der Waals surface area contributed by atoms with Gasteiger partial charge in [0.15, 0.2) is 0 Å². The topological polar surface area (TPSA) is 76.7 Å². The standard InChI is InChI=1S/C23H32N2O4/c1-22(2,3)28-20(26)24-18-14-13-17(12-11-16-9-7-8-10-16)15-19(18)25-21(27)29-23(4,5)6/h13-16H,7-10H2,1-6H3,(H,24,26)(H,25,27). The molecule has 0 aromatic heterocycles. The molecule has 0 atom stereocenters. The van der Waals surface area contributed by atoms with Crippen molar-refractivity contribution < 1.29 is 19.1 Å². The molecule has 1 aliphatic rings. The Bertz CT molecular complexity index is 801. The summed E-state index contributed by atoms with van der Waals surface area (Å²) in [5.74, 6) is 6.91. The van der Waals surface area contributed by atoms with Crippen LogP contribution in [0.4, 0.5) is 21.0 Å². The van der Waals surface area contributed by atoms with Gasteiger partial charge in [0.2, 0.25) is 0 Å². The molecule has 2 rings (SSSR count). The number of carbonyl (C=O) groups excluding carboxylic acids is 2. The van der Waals surface area contributed by atoms with Crippen LogP contribution < -0.4 is 10.6 Å². The highest BCUT2D eigenvalue weighted by Gasteiger charge is 2.20. The molecule has 0 saturated heterocycles. The fourth-order valence-electron chi connectivity index (χ4n) is 2.92. The zero-order valence-electron chi connectivity index (χ0n) is 18.3. The van der Waals surface area contributed by atoms with Gasteiger partial charge in [0, 0.05) is 11.5 Å². The lowest BCUT2D eigenvalue weighted by atomic mass is 10.1. The SMILES string of the molecule is CC(C)(C)OC(=O)Nc1ccc(C#CC2CCCC2)cc1NC(=O)OC(C)(C)C. The van der Waals surface area contributed by atoms with Crippen LogP contribution in [0.3, 0.4) is 0 Å². The zero-order valence-corrected chi connectivity index (χ0v) is 18.3. The van der Waals surface area contributed by atoms with Crippen molar-refractivity contribution in [2.24, 2.45) is 5.92 Å². The zero-order chi connectivity index (χ0) is 21.7. The molecule has 0 bridgehead atoms. The number of rotatable bonds is 2. The van der Waals surface area contributed by atoms with Crippen LogP contribution in [0, 0.1) is 17.8 Å². The van der Waals surface area contributed by atoms with E-state index in [0.29, 0.717) is 17.3 Å². The van der Waals surface area contributed by atoms with Crippen LogP contribution in [-0.2, 0) is 9.47 Å². The number of nitrogens with one attached hydrogen (secondary N) is 2. The Labute approximate surface area is 173 Å². The van der Waals surface area contributed by atoms with Crippen molar-refractivity contribution in [3.63, 3.8) is 0 Å². The number of amides is 2. The molecule has 1 aliphatic carbocycles. The summed E-state index contributed by atoms with van der Waals surface area (Å²) < 4.78 is 10.6. The fraction of sp³-hybridized carbons (Fsp3) is 0.565. The van der Waals surface area contributed by atoms with E-state index in [2.05, 4.69) is 22.5 Å². The highest BCUT2D eigenvalue weighted by atomic mass is 16.6. The number of benzene rings is 1. The van der Waals surface area contributed by atoms with Gasteiger partial charge in [-0.1, -0.05) is 24.7 Å². The number of ether oxygens (including phenoxy) is 2. The van der Waals surface area contributed by atoms with Gasteiger partial charge in [-0.3, -0.25) is 10.6 Å². The van der Waals surface area contributed by atoms with Crippen LogP contribution >= 0.6 is 0 Å². The fourth-order valence-corrected chi connectivity index (χ4v) is 2.92. The van der Waals surface area contributed by atoms with Gasteiger partial charge in [0.05, 0.1) is 11.4 Å². The molecule has 0 aliphatic heterocycles. The van der Waals surface area contributed by atoms with Gasteiger partial charge in [-0.25, -0.2) is 9.59 Å². The van der Waals surface area contributed by atoms with Crippen molar-refractivity contribution in [1.82, 2.24) is 0 Å². The van der Waals surface area contributed by atoms with Gasteiger partial charge in [-0.15, -0.1) is 0 Å². The lowest BCUT2D eigenvalue weighted by Crippen LogP contribution is -2.29. The maximum Gasteiger partial charge on any atom is 0.412 e. The van der Waals surface area contributed by atoms with Crippen LogP contribution in [0.2, 0.25) is 0 Å². The average Bonchev–Trinajstić information content (AvgIpc) is 3.04. The lowest BCUT2D eigenvalue weighted by Gasteiger charge is -2.22. The smallest absolute Gasteiger partial charge is 0.412 e. The van der Waals surface area contributed by atoms with Crippen molar-refractivity contribution >= 4 is 23.6 Å². The molecule has 158 valence electrons. The number of hydrogen-bond acceptors (Lipinski definition) is 4. The minimum Gasteiger partial charge on any atom is -0.444 e. The summed E-state index contributed by atoms with van der Waals surface area (Å²) >= 11 is 0. The normalized spacial score (nSPS) is 14.6. The number of anilines is 2. The van der Waals surface area contributed by atoms with E-state index < -0.39 is 23.4 Å². The minimum absolute atomic E-state index is 0.406. The molecule has 29 heavy (non-hydrogen) atoms. The first kappa shape index (κ1) is 22.6. The van der Waals surface area contributed by atoms with Crippen molar-refractivity contribution in [3.8, 4) is 11.8 Å². The number of hydrogen-bond donors (Lipinski definition) is 2. The van der Waals surface area contributed by atoms with E-state index in [0.717, 1.165) is 18.4 Å². The molecule has 1 aromatic rings. The summed E-state index contributed by atoms with van der Waals surface area (Å²) in [6.45, 7) is 10.7. The van der Waals surface area contributed by atoms with Crippen LogP contribution in [0.5, 0.6) is 0 Å². The third-order valence-electron chi connectivity index (χ3n) is 4.07. The van der Waals surface area contributed by atoms with Gasteiger partial charge in [-0.2, -0.15) is 0 Å². The quantitative estimate of drug-likeness (QED) is 0.604. The summed E-state index contributed by atoms with van der Waals surface area (Å²) in [4.78, 5) is 24.4. The van der Waals surface area contributed by atoms with Crippen LogP contribution in [-0.4, -0.2) is 23.4 Å². The van der Waals surface area contributed by atoms with Crippen LogP contribution in [0.1, 0.15) is 72.8 Å². The highest BCUT2D eigenvalue weighted by Crippen LogP contribution is 2.26. The second-order valence-electron chi connectivity index (χ2n) is 9.26. The van der Waals surface area contributed by atoms with E-state index >= 15 is 0 Å². The molecule has 1 saturated carbocycles. The summed E-state index contributed by atoms with van der Waals surface area (Å²) in [5.41, 5.74) is 0.315. The first-order chi connectivity index (χ1) is 13.4. The number of carbonyl (C=O) groups is 2. The molecule has 0 heterocycles. The minimum atomic E-state index is -0.636. The molecule has 1 fully saturated rings. The summed E-state index contributed by atoms with van der Waals surface area (Å²) in [6.07, 6.45) is 3.51. The molecule has 6 heteroatoms. The molecular formula is C23H32N2O4. The Hall–Kier alpha value is -2.68. The molecule has 0 unspecified atom stereocenters. The molecule has 0 spiro atoms. The Balaban J connectivity index is 2.23. The predicted molar refractivity (Wildman–Crippen MR) is 115 cm³/mol. The predicted octanol–water partition coefficient (Wildman–Crippen LogP) is 5.92. The molecule has 6 nitrogen and oxygen atoms in total. The monoisotopic (exact) mass is 400 g/mol. The van der Waals surface area contributed by atoms with Crippen LogP contribution in [0.25, 0.3) is 0 Å². The lowest BCUT2D eigenvalue weighted by molar-refractivity contribution is 0.0621. The second-order valence-corrected chi connectivity index (χ2v) is 9.26. The van der Waals surface area contributed by atoms with Crippen molar-refractivity contribution in [2.45, 2.75) is 78.4 Å². The largest absolute Gasteiger partial charge is 0.444 e. The van der Waals surface area contributed by atoms with E-state index in [1.807, 2.05) is 6.07 Å². The molecule has 0 radical (unpaired) electrons. The molecule has 1 aromatic carbocycles. The van der Waals surface area contributed by atoms with E-state index in [-0.39, 0.29) is 0 Å². The average molecular weight is 401 g/mol. The van der Waals surface area contributed by atoms with E-state index in [1.54, 1.807) is 53.7 Å².